The van der Waals surface area contributed by atoms with Gasteiger partial charge in [0.25, 0.3) is 5.62 Å². The van der Waals surface area contributed by atoms with Crippen LogP contribution in [0.5, 0.6) is 5.88 Å². The van der Waals surface area contributed by atoms with Crippen LogP contribution < -0.4 is 26.3 Å². The van der Waals surface area contributed by atoms with Crippen molar-refractivity contribution in [1.82, 2.24) is 34.5 Å². The van der Waals surface area contributed by atoms with E-state index in [0.29, 0.717) is 29.0 Å². The molecule has 1 saturated carbocycles. The Kier molecular flexibility index (Phi) is 5.20. The zero-order chi connectivity index (χ0) is 23.9. The van der Waals surface area contributed by atoms with E-state index in [1.54, 1.807) is 16.8 Å². The van der Waals surface area contributed by atoms with E-state index in [0.717, 1.165) is 37.3 Å². The number of aromatic nitrogens is 7. The predicted molar refractivity (Wildman–Crippen MR) is 129 cm³/mol. The number of hydrogen-bond donors (Lipinski definition) is 3. The second-order valence-electron chi connectivity index (χ2n) is 9.04. The molecule has 4 aromatic rings. The fourth-order valence-corrected chi connectivity index (χ4v) is 4.33. The van der Waals surface area contributed by atoms with Gasteiger partial charge in [-0.2, -0.15) is 19.6 Å². The number of nitrogens with one attached hydrogen (secondary N) is 2. The molecule has 0 unspecified atom stereocenters. The van der Waals surface area contributed by atoms with Crippen molar-refractivity contribution in [2.75, 3.05) is 29.9 Å². The molecule has 1 saturated heterocycles. The van der Waals surface area contributed by atoms with E-state index in [2.05, 4.69) is 31.0 Å². The highest BCUT2D eigenvalue weighted by molar-refractivity contribution is 5.57. The minimum absolute atomic E-state index is 0.241. The fraction of sp³-hybridized carbons (Fsp3) is 0.391. The first-order chi connectivity index (χ1) is 17.0. The summed E-state index contributed by atoms with van der Waals surface area (Å²) in [6.45, 7) is 2.62. The summed E-state index contributed by atoms with van der Waals surface area (Å²) in [6, 6.07) is 4.29. The van der Waals surface area contributed by atoms with Crippen LogP contribution in [0, 0.1) is 0 Å². The van der Waals surface area contributed by atoms with Gasteiger partial charge in [-0.05, 0) is 37.8 Å². The third kappa shape index (κ3) is 4.22. The number of nitrogens with zero attached hydrogens (tertiary/aromatic N) is 8. The van der Waals surface area contributed by atoms with Gasteiger partial charge >= 0.3 is 5.69 Å². The Hall–Kier alpha value is -4.22. The second kappa shape index (κ2) is 8.53. The van der Waals surface area contributed by atoms with Crippen LogP contribution in [-0.4, -0.2) is 65.8 Å². The van der Waals surface area contributed by atoms with Crippen molar-refractivity contribution < 1.29 is 5.11 Å². The molecular weight excluding hydrogens is 448 g/mol. The SMILES string of the molecule is CN(Cc1cccnc1N1CCCC1)c1nc(=NC2CC2)n2nc/c(=C/c3[nH]c(=O)[nH]c3O)c2n1. The highest BCUT2D eigenvalue weighted by atomic mass is 16.3. The molecule has 0 spiro atoms. The Morgan fingerprint density at radius 2 is 2.09 bits per heavy atom. The van der Waals surface area contributed by atoms with Crippen molar-refractivity contribution in [3.63, 3.8) is 0 Å². The van der Waals surface area contributed by atoms with Crippen molar-refractivity contribution in [1.29, 1.82) is 0 Å². The van der Waals surface area contributed by atoms with Crippen molar-refractivity contribution in [2.45, 2.75) is 38.3 Å². The number of aromatic hydroxyl groups is 1. The molecule has 0 aromatic carbocycles. The summed E-state index contributed by atoms with van der Waals surface area (Å²) < 4.78 is 1.60. The lowest BCUT2D eigenvalue weighted by atomic mass is 10.2. The molecule has 0 bridgehead atoms. The average Bonchev–Trinajstić information content (AvgIpc) is 3.20. The summed E-state index contributed by atoms with van der Waals surface area (Å²) in [6.07, 6.45) is 9.51. The molecule has 5 heterocycles. The number of imidazole rings is 1. The van der Waals surface area contributed by atoms with E-state index >= 15 is 0 Å². The number of fused-ring (bicyclic) bond motifs is 1. The van der Waals surface area contributed by atoms with Gasteiger partial charge in [0.15, 0.2) is 5.65 Å². The van der Waals surface area contributed by atoms with Crippen LogP contribution in [0.15, 0.2) is 34.3 Å². The quantitative estimate of drug-likeness (QED) is 0.357. The number of anilines is 2. The summed E-state index contributed by atoms with van der Waals surface area (Å²) in [5.74, 6) is 1.27. The number of H-pyrrole nitrogens is 2. The molecule has 3 N–H and O–H groups in total. The molecule has 0 amide bonds. The fourth-order valence-electron chi connectivity index (χ4n) is 4.33. The second-order valence-corrected chi connectivity index (χ2v) is 9.04. The van der Waals surface area contributed by atoms with Crippen LogP contribution in [0.2, 0.25) is 0 Å². The highest BCUT2D eigenvalue weighted by Crippen LogP contribution is 2.24. The molecule has 0 radical (unpaired) electrons. The minimum Gasteiger partial charge on any atom is -0.493 e. The summed E-state index contributed by atoms with van der Waals surface area (Å²) in [7, 11) is 1.95. The number of pyridine rings is 1. The molecular formula is C23H26N10O2. The van der Waals surface area contributed by atoms with E-state index in [1.807, 2.05) is 24.2 Å². The molecule has 4 aromatic heterocycles. The van der Waals surface area contributed by atoms with Gasteiger partial charge in [0.1, 0.15) is 11.5 Å². The van der Waals surface area contributed by atoms with Gasteiger partial charge in [0.05, 0.1) is 12.2 Å². The van der Waals surface area contributed by atoms with Crippen LogP contribution in [0.1, 0.15) is 36.9 Å². The molecule has 12 nitrogen and oxygen atoms in total. The van der Waals surface area contributed by atoms with Gasteiger partial charge in [-0.15, -0.1) is 0 Å². The van der Waals surface area contributed by atoms with Crippen LogP contribution in [0.3, 0.4) is 0 Å². The normalized spacial score (nSPS) is 17.1. The molecule has 12 heteroatoms. The lowest BCUT2D eigenvalue weighted by Crippen LogP contribution is -2.29. The van der Waals surface area contributed by atoms with Crippen LogP contribution in [0.25, 0.3) is 11.7 Å². The zero-order valence-corrected chi connectivity index (χ0v) is 19.3. The maximum Gasteiger partial charge on any atom is 0.326 e. The Morgan fingerprint density at radius 3 is 2.83 bits per heavy atom. The van der Waals surface area contributed by atoms with Crippen molar-refractivity contribution in [3.8, 4) is 5.88 Å². The van der Waals surface area contributed by atoms with E-state index < -0.39 is 5.69 Å². The third-order valence-corrected chi connectivity index (χ3v) is 6.27. The van der Waals surface area contributed by atoms with Crippen LogP contribution in [0.4, 0.5) is 11.8 Å². The van der Waals surface area contributed by atoms with Gasteiger partial charge in [-0.3, -0.25) is 4.98 Å². The van der Waals surface area contributed by atoms with Gasteiger partial charge in [0, 0.05) is 43.7 Å². The van der Waals surface area contributed by atoms with E-state index in [9.17, 15) is 9.90 Å². The van der Waals surface area contributed by atoms with E-state index in [1.165, 1.54) is 12.8 Å². The number of hydrogen-bond acceptors (Lipinski definition) is 9. The third-order valence-electron chi connectivity index (χ3n) is 6.27. The number of rotatable bonds is 6. The van der Waals surface area contributed by atoms with Gasteiger partial charge in [-0.25, -0.2) is 14.8 Å². The Balaban J connectivity index is 1.43. The maximum atomic E-state index is 11.6. The van der Waals surface area contributed by atoms with Crippen molar-refractivity contribution in [2.24, 2.45) is 4.99 Å². The summed E-state index contributed by atoms with van der Waals surface area (Å²) in [5, 5.41) is 15.0. The van der Waals surface area contributed by atoms with E-state index in [-0.39, 0.29) is 17.6 Å². The summed E-state index contributed by atoms with van der Waals surface area (Å²) in [5.41, 5.74) is 1.89. The lowest BCUT2D eigenvalue weighted by molar-refractivity contribution is 0.454. The predicted octanol–water partition coefficient (Wildman–Crippen LogP) is 0.0887. The van der Waals surface area contributed by atoms with E-state index in [4.69, 9.17) is 15.0 Å². The maximum absolute atomic E-state index is 11.6. The first-order valence-corrected chi connectivity index (χ1v) is 11.8. The standard InChI is InChI=1S/C23H26N10O2/c1-31(13-14-5-4-8-24-18(14)32-9-2-3-10-32)21-28-19-15(11-17-20(34)29-23(35)27-17)12-25-33(19)22(30-21)26-16-6-7-16/h4-5,8,11-12,16,34H,2-3,6-7,9-10,13H2,1H3,(H2,27,29,35)/b15-11-,26-22?. The molecule has 1 aliphatic carbocycles. The Bertz CT molecular complexity index is 1560. The molecule has 0 atom stereocenters. The smallest absolute Gasteiger partial charge is 0.326 e. The minimum atomic E-state index is -0.491. The van der Waals surface area contributed by atoms with Gasteiger partial charge < -0.3 is 19.9 Å². The zero-order valence-electron chi connectivity index (χ0n) is 19.3. The first kappa shape index (κ1) is 21.3. The summed E-state index contributed by atoms with van der Waals surface area (Å²) >= 11 is 0. The topological polar surface area (TPSA) is 144 Å². The molecule has 2 aliphatic rings. The van der Waals surface area contributed by atoms with Gasteiger partial charge in [-0.1, -0.05) is 6.07 Å². The lowest BCUT2D eigenvalue weighted by Gasteiger charge is -2.23. The van der Waals surface area contributed by atoms with Crippen molar-refractivity contribution in [3.05, 3.63) is 57.1 Å². The first-order valence-electron chi connectivity index (χ1n) is 11.8. The van der Waals surface area contributed by atoms with Crippen LogP contribution in [-0.2, 0) is 6.54 Å². The molecule has 180 valence electrons. The monoisotopic (exact) mass is 474 g/mol. The molecule has 2 fully saturated rings. The summed E-state index contributed by atoms with van der Waals surface area (Å²) in [4.78, 5) is 39.7. The number of aromatic amines is 2. The Morgan fingerprint density at radius 1 is 1.26 bits per heavy atom. The van der Waals surface area contributed by atoms with Gasteiger partial charge in [0.2, 0.25) is 11.8 Å². The highest BCUT2D eigenvalue weighted by Gasteiger charge is 2.22. The Labute approximate surface area is 199 Å². The molecule has 1 aliphatic heterocycles. The molecule has 35 heavy (non-hydrogen) atoms. The van der Waals surface area contributed by atoms with Crippen LogP contribution >= 0.6 is 0 Å². The average molecular weight is 475 g/mol. The molecule has 6 rings (SSSR count). The largest absolute Gasteiger partial charge is 0.493 e. The van der Waals surface area contributed by atoms with Crippen molar-refractivity contribution >= 4 is 23.5 Å².